The number of hydrogen-bond donors (Lipinski definition) is 0. The molecular weight excluding hydrogens is 777 g/mol. The lowest BCUT2D eigenvalue weighted by Crippen LogP contribution is -2.00. The van der Waals surface area contributed by atoms with Gasteiger partial charge in [-0.15, -0.1) is 0 Å². The summed E-state index contributed by atoms with van der Waals surface area (Å²) in [6.07, 6.45) is 3.64. The van der Waals surface area contributed by atoms with Crippen LogP contribution in [0.25, 0.3) is 121 Å². The maximum Gasteiger partial charge on any atom is 0.164 e. The molecule has 0 atom stereocenters. The van der Waals surface area contributed by atoms with E-state index >= 15 is 0 Å². The number of pyridine rings is 1. The lowest BCUT2D eigenvalue weighted by atomic mass is 9.94. The molecule has 12 aromatic rings. The molecule has 10 aromatic carbocycles. The fourth-order valence-corrected chi connectivity index (χ4v) is 9.35. The molecule has 0 unspecified atom stereocenters. The van der Waals surface area contributed by atoms with Gasteiger partial charge in [0.1, 0.15) is 0 Å². The van der Waals surface area contributed by atoms with E-state index in [9.17, 15) is 0 Å². The topological polar surface area (TPSA) is 51.6 Å². The van der Waals surface area contributed by atoms with E-state index in [0.29, 0.717) is 17.5 Å². The van der Waals surface area contributed by atoms with Crippen molar-refractivity contribution in [3.8, 4) is 56.4 Å². The maximum atomic E-state index is 5.28. The molecule has 2 heterocycles. The number of benzene rings is 9. The first-order valence-electron chi connectivity index (χ1n) is 21.6. The zero-order valence-electron chi connectivity index (χ0n) is 34.7. The largest absolute Gasteiger partial charge is 0.265 e. The number of aromatic nitrogens is 4. The highest BCUT2D eigenvalue weighted by atomic mass is 15.0. The Balaban J connectivity index is 1.10. The summed E-state index contributed by atoms with van der Waals surface area (Å²) in [4.78, 5) is 19.9. The van der Waals surface area contributed by atoms with Crippen LogP contribution in [0.15, 0.2) is 231 Å². The molecule has 298 valence electrons. The molecule has 0 N–H and O–H groups in total. The summed E-state index contributed by atoms with van der Waals surface area (Å²) in [5.41, 5.74) is 7.25. The van der Waals surface area contributed by atoms with E-state index in [-0.39, 0.29) is 0 Å². The van der Waals surface area contributed by atoms with Gasteiger partial charge in [-0.2, -0.15) is 0 Å². The van der Waals surface area contributed by atoms with Crippen LogP contribution in [0.4, 0.5) is 0 Å². The van der Waals surface area contributed by atoms with Crippen LogP contribution < -0.4 is 0 Å². The van der Waals surface area contributed by atoms with Crippen molar-refractivity contribution in [2.24, 2.45) is 0 Å². The van der Waals surface area contributed by atoms with Crippen molar-refractivity contribution in [1.82, 2.24) is 19.9 Å². The van der Waals surface area contributed by atoms with Gasteiger partial charge >= 0.3 is 0 Å². The van der Waals surface area contributed by atoms with Gasteiger partial charge in [0.25, 0.3) is 0 Å². The fourth-order valence-electron chi connectivity index (χ4n) is 9.35. The molecule has 0 fully saturated rings. The van der Waals surface area contributed by atoms with E-state index in [1.165, 1.54) is 54.0 Å². The Morgan fingerprint density at radius 3 is 1.06 bits per heavy atom. The van der Waals surface area contributed by atoms with Gasteiger partial charge in [0.15, 0.2) is 17.5 Å². The average molecular weight is 815 g/mol. The Kier molecular flexibility index (Phi) is 9.12. The van der Waals surface area contributed by atoms with Gasteiger partial charge < -0.3 is 0 Å². The van der Waals surface area contributed by atoms with Crippen LogP contribution in [0.3, 0.4) is 0 Å². The predicted octanol–water partition coefficient (Wildman–Crippen LogP) is 15.6. The summed E-state index contributed by atoms with van der Waals surface area (Å²) in [7, 11) is 0. The van der Waals surface area contributed by atoms with Gasteiger partial charge in [-0.05, 0) is 105 Å². The summed E-state index contributed by atoms with van der Waals surface area (Å²) in [5.74, 6) is 1.82. The smallest absolute Gasteiger partial charge is 0.164 e. The Labute approximate surface area is 370 Å². The highest BCUT2D eigenvalue weighted by molar-refractivity contribution is 6.26. The van der Waals surface area contributed by atoms with E-state index in [1.807, 2.05) is 24.5 Å². The number of rotatable bonds is 5. The van der Waals surface area contributed by atoms with E-state index < -0.39 is 0 Å². The minimum Gasteiger partial charge on any atom is -0.265 e. The molecule has 0 saturated heterocycles. The van der Waals surface area contributed by atoms with E-state index in [2.05, 4.69) is 211 Å². The van der Waals surface area contributed by atoms with Gasteiger partial charge in [-0.1, -0.05) is 200 Å². The summed E-state index contributed by atoms with van der Waals surface area (Å²) in [5, 5.41) is 14.2. The quantitative estimate of drug-likeness (QED) is 0.174. The molecule has 2 aromatic heterocycles. The van der Waals surface area contributed by atoms with Crippen LogP contribution >= 0.6 is 0 Å². The average Bonchev–Trinajstić information content (AvgIpc) is 3.38. The highest BCUT2D eigenvalue weighted by Crippen LogP contribution is 2.38. The molecular formula is C60H38N4. The molecule has 4 heteroatoms. The van der Waals surface area contributed by atoms with Crippen molar-refractivity contribution < 1.29 is 0 Å². The molecule has 0 aliphatic heterocycles. The van der Waals surface area contributed by atoms with E-state index in [4.69, 9.17) is 15.0 Å². The van der Waals surface area contributed by atoms with Gasteiger partial charge in [-0.3, -0.25) is 4.98 Å². The molecule has 0 spiro atoms. The monoisotopic (exact) mass is 814 g/mol. The van der Waals surface area contributed by atoms with Crippen molar-refractivity contribution in [1.29, 1.82) is 0 Å². The van der Waals surface area contributed by atoms with Crippen molar-refractivity contribution in [2.45, 2.75) is 0 Å². The standard InChI is InChI=1S/C60H38N4/c1-2-14-46-41(12-1)13-11-23-47(46)42-26-30-44(31-27-42)59-62-58(43-28-24-39(25-29-43)40-34-36-61-37-35-40)63-60(64-59)45-32-33-56-54-21-8-7-19-52(54)50-17-4-3-15-48(50)49-16-5-6-18-51(49)53-20-9-10-22-55(53)57(56)38-45/h1-38H. The molecule has 0 radical (unpaired) electrons. The summed E-state index contributed by atoms with van der Waals surface area (Å²) >= 11 is 0. The number of hydrogen-bond acceptors (Lipinski definition) is 4. The van der Waals surface area contributed by atoms with Gasteiger partial charge in [0.2, 0.25) is 0 Å². The second-order valence-electron chi connectivity index (χ2n) is 16.2. The van der Waals surface area contributed by atoms with Crippen LogP contribution in [0, 0.1) is 0 Å². The van der Waals surface area contributed by atoms with Crippen LogP contribution in [-0.4, -0.2) is 19.9 Å². The molecule has 64 heavy (non-hydrogen) atoms. The van der Waals surface area contributed by atoms with Crippen molar-refractivity contribution in [2.75, 3.05) is 0 Å². The maximum absolute atomic E-state index is 5.28. The zero-order valence-corrected chi connectivity index (χ0v) is 34.7. The molecule has 0 aliphatic carbocycles. The molecule has 0 amide bonds. The third-order valence-corrected chi connectivity index (χ3v) is 12.5. The minimum atomic E-state index is 0.604. The highest BCUT2D eigenvalue weighted by Gasteiger charge is 2.16. The Morgan fingerprint density at radius 2 is 0.562 bits per heavy atom. The lowest BCUT2D eigenvalue weighted by Gasteiger charge is -2.12. The third-order valence-electron chi connectivity index (χ3n) is 12.5. The zero-order chi connectivity index (χ0) is 42.4. The minimum absolute atomic E-state index is 0.604. The van der Waals surface area contributed by atoms with Crippen molar-refractivity contribution in [3.63, 3.8) is 0 Å². The lowest BCUT2D eigenvalue weighted by molar-refractivity contribution is 1.07. The summed E-state index contributed by atoms with van der Waals surface area (Å²) < 4.78 is 0. The van der Waals surface area contributed by atoms with Crippen LogP contribution in [0.1, 0.15) is 0 Å². The van der Waals surface area contributed by atoms with Crippen molar-refractivity contribution in [3.05, 3.63) is 231 Å². The van der Waals surface area contributed by atoms with Gasteiger partial charge in [0, 0.05) is 29.1 Å². The molecule has 0 aliphatic rings. The molecule has 12 rings (SSSR count). The molecule has 0 bridgehead atoms. The second-order valence-corrected chi connectivity index (χ2v) is 16.2. The SMILES string of the molecule is c1ccc2c(-c3ccc(-c4nc(-c5ccc(-c6ccncc6)cc5)nc(-c5ccc6c7ccccc7c7ccccc7c7ccccc7c7ccccc7c6c5)n4)cc3)cccc2c1. The van der Waals surface area contributed by atoms with E-state index in [0.717, 1.165) is 49.5 Å². The summed E-state index contributed by atoms with van der Waals surface area (Å²) in [6, 6.07) is 77.9. The van der Waals surface area contributed by atoms with Crippen LogP contribution in [-0.2, 0) is 0 Å². The van der Waals surface area contributed by atoms with Gasteiger partial charge in [0.05, 0.1) is 0 Å². The first-order valence-corrected chi connectivity index (χ1v) is 21.6. The Bertz CT molecular complexity index is 3740. The van der Waals surface area contributed by atoms with Crippen LogP contribution in [0.2, 0.25) is 0 Å². The molecule has 4 nitrogen and oxygen atoms in total. The number of fused-ring (bicyclic) bond motifs is 11. The first kappa shape index (κ1) is 37.2. The van der Waals surface area contributed by atoms with Crippen LogP contribution in [0.5, 0.6) is 0 Å². The molecule has 0 saturated carbocycles. The fraction of sp³-hybridized carbons (Fsp3) is 0. The van der Waals surface area contributed by atoms with Gasteiger partial charge in [-0.25, -0.2) is 15.0 Å². The Morgan fingerprint density at radius 1 is 0.219 bits per heavy atom. The Hall–Kier alpha value is -8.60. The second kappa shape index (κ2) is 15.7. The number of nitrogens with zero attached hydrogens (tertiary/aromatic N) is 4. The predicted molar refractivity (Wildman–Crippen MR) is 267 cm³/mol. The first-order chi connectivity index (χ1) is 31.7. The normalized spacial score (nSPS) is 11.4. The van der Waals surface area contributed by atoms with E-state index in [1.54, 1.807) is 0 Å². The third kappa shape index (κ3) is 6.57. The van der Waals surface area contributed by atoms with Crippen molar-refractivity contribution >= 4 is 64.6 Å². The summed E-state index contributed by atoms with van der Waals surface area (Å²) in [6.45, 7) is 0.